The van der Waals surface area contributed by atoms with Gasteiger partial charge in [-0.25, -0.2) is 4.39 Å². The Morgan fingerprint density at radius 3 is 2.43 bits per heavy atom. The first-order chi connectivity index (χ1) is 14.3. The maximum absolute atomic E-state index is 13.6. The fourth-order valence-electron chi connectivity index (χ4n) is 3.41. The van der Waals surface area contributed by atoms with Crippen LogP contribution in [0.3, 0.4) is 0 Å². The molecule has 1 aliphatic rings. The van der Waals surface area contributed by atoms with E-state index >= 15 is 0 Å². The summed E-state index contributed by atoms with van der Waals surface area (Å²) in [4.78, 5) is 26.9. The molecule has 2 aromatic rings. The lowest BCUT2D eigenvalue weighted by atomic mass is 9.85. The summed E-state index contributed by atoms with van der Waals surface area (Å²) >= 11 is 0. The van der Waals surface area contributed by atoms with E-state index in [0.717, 1.165) is 30.5 Å². The van der Waals surface area contributed by atoms with Gasteiger partial charge >= 0.3 is 0 Å². The molecule has 0 aromatic heterocycles. The summed E-state index contributed by atoms with van der Waals surface area (Å²) in [6, 6.07) is 13.2. The van der Waals surface area contributed by atoms with Crippen molar-refractivity contribution in [2.45, 2.75) is 39.7 Å². The summed E-state index contributed by atoms with van der Waals surface area (Å²) in [7, 11) is 0. The van der Waals surface area contributed by atoms with Crippen molar-refractivity contribution < 1.29 is 14.0 Å². The average Bonchev–Trinajstić information content (AvgIpc) is 2.67. The highest BCUT2D eigenvalue weighted by Crippen LogP contribution is 2.27. The molecule has 0 aliphatic heterocycles. The number of hydrogen-bond acceptors (Lipinski definition) is 3. The lowest BCUT2D eigenvalue weighted by Gasteiger charge is -2.32. The van der Waals surface area contributed by atoms with Crippen LogP contribution >= 0.6 is 0 Å². The minimum Gasteiger partial charge on any atom is -0.334 e. The SMILES string of the molecule is CC(C)(CN)CN(Cc1ccc(NC(=O)C2CCC2)cc1)C(=O)c1cccc(F)c1. The van der Waals surface area contributed by atoms with Gasteiger partial charge in [-0.2, -0.15) is 0 Å². The second-order valence-corrected chi connectivity index (χ2v) is 8.85. The van der Waals surface area contributed by atoms with E-state index in [2.05, 4.69) is 5.32 Å². The van der Waals surface area contributed by atoms with Crippen LogP contribution in [-0.2, 0) is 11.3 Å². The number of nitrogens with one attached hydrogen (secondary N) is 1. The van der Waals surface area contributed by atoms with E-state index in [4.69, 9.17) is 5.73 Å². The molecule has 3 rings (SSSR count). The average molecular weight is 412 g/mol. The summed E-state index contributed by atoms with van der Waals surface area (Å²) in [6.07, 6.45) is 3.03. The Hall–Kier alpha value is -2.73. The minimum absolute atomic E-state index is 0.0709. The molecule has 0 radical (unpaired) electrons. The van der Waals surface area contributed by atoms with Gasteiger partial charge in [-0.05, 0) is 60.7 Å². The third-order valence-corrected chi connectivity index (χ3v) is 5.60. The van der Waals surface area contributed by atoms with Crippen molar-refractivity contribution in [1.29, 1.82) is 0 Å². The number of nitrogens with two attached hydrogens (primary N) is 1. The van der Waals surface area contributed by atoms with E-state index in [1.165, 1.54) is 18.2 Å². The van der Waals surface area contributed by atoms with Crippen LogP contribution < -0.4 is 11.1 Å². The number of rotatable bonds is 8. The lowest BCUT2D eigenvalue weighted by Crippen LogP contribution is -2.41. The molecule has 2 aromatic carbocycles. The van der Waals surface area contributed by atoms with Crippen molar-refractivity contribution in [3.05, 3.63) is 65.5 Å². The molecule has 0 saturated heterocycles. The molecule has 5 nitrogen and oxygen atoms in total. The Morgan fingerprint density at radius 2 is 1.87 bits per heavy atom. The van der Waals surface area contributed by atoms with E-state index in [1.807, 2.05) is 38.1 Å². The lowest BCUT2D eigenvalue weighted by molar-refractivity contribution is -0.122. The first kappa shape index (κ1) is 22.0. The maximum atomic E-state index is 13.6. The van der Waals surface area contributed by atoms with Crippen molar-refractivity contribution in [3.8, 4) is 0 Å². The van der Waals surface area contributed by atoms with Gasteiger partial charge in [0.1, 0.15) is 5.82 Å². The predicted molar refractivity (Wildman–Crippen MR) is 116 cm³/mol. The Bertz CT molecular complexity index is 892. The molecule has 2 amide bonds. The molecule has 30 heavy (non-hydrogen) atoms. The molecule has 1 saturated carbocycles. The van der Waals surface area contributed by atoms with Gasteiger partial charge in [-0.15, -0.1) is 0 Å². The number of nitrogens with zero attached hydrogens (tertiary/aromatic N) is 1. The molecule has 1 aliphatic carbocycles. The van der Waals surface area contributed by atoms with Crippen molar-refractivity contribution >= 4 is 17.5 Å². The number of anilines is 1. The molecule has 0 atom stereocenters. The van der Waals surface area contributed by atoms with Gasteiger partial charge in [0.25, 0.3) is 5.91 Å². The molecular formula is C24H30FN3O2. The zero-order valence-electron chi connectivity index (χ0n) is 17.7. The van der Waals surface area contributed by atoms with Crippen LogP contribution in [0.1, 0.15) is 49.0 Å². The van der Waals surface area contributed by atoms with E-state index in [1.54, 1.807) is 11.0 Å². The molecule has 0 heterocycles. The van der Waals surface area contributed by atoms with E-state index < -0.39 is 5.82 Å². The summed E-state index contributed by atoms with van der Waals surface area (Å²) in [5.41, 5.74) is 7.59. The molecule has 0 bridgehead atoms. The quantitative estimate of drug-likeness (QED) is 0.684. The number of carbonyl (C=O) groups excluding carboxylic acids is 2. The Balaban J connectivity index is 1.73. The molecular weight excluding hydrogens is 381 g/mol. The van der Waals surface area contributed by atoms with Gasteiger partial charge in [0, 0.05) is 30.3 Å². The largest absolute Gasteiger partial charge is 0.334 e. The molecule has 6 heteroatoms. The summed E-state index contributed by atoms with van der Waals surface area (Å²) < 4.78 is 13.6. The van der Waals surface area contributed by atoms with Gasteiger partial charge < -0.3 is 16.0 Å². The van der Waals surface area contributed by atoms with Crippen molar-refractivity contribution in [3.63, 3.8) is 0 Å². The van der Waals surface area contributed by atoms with Crippen LogP contribution in [0.4, 0.5) is 10.1 Å². The zero-order valence-corrected chi connectivity index (χ0v) is 17.7. The Kier molecular flexibility index (Phi) is 6.87. The predicted octanol–water partition coefficient (Wildman–Crippen LogP) is 4.19. The summed E-state index contributed by atoms with van der Waals surface area (Å²) in [5.74, 6) is -0.479. The van der Waals surface area contributed by atoms with Crippen molar-refractivity contribution in [1.82, 2.24) is 4.90 Å². The maximum Gasteiger partial charge on any atom is 0.254 e. The molecule has 0 spiro atoms. The van der Waals surface area contributed by atoms with Gasteiger partial charge in [-0.1, -0.05) is 38.5 Å². The fourth-order valence-corrected chi connectivity index (χ4v) is 3.41. The minimum atomic E-state index is -0.439. The molecule has 0 unspecified atom stereocenters. The van der Waals surface area contributed by atoms with Crippen LogP contribution in [0.25, 0.3) is 0 Å². The molecule has 3 N–H and O–H groups in total. The van der Waals surface area contributed by atoms with Crippen LogP contribution in [-0.4, -0.2) is 29.8 Å². The van der Waals surface area contributed by atoms with Crippen LogP contribution in [0.2, 0.25) is 0 Å². The third kappa shape index (κ3) is 5.66. The number of halogens is 1. The number of benzene rings is 2. The first-order valence-corrected chi connectivity index (χ1v) is 10.4. The fraction of sp³-hybridized carbons (Fsp3) is 0.417. The zero-order chi connectivity index (χ0) is 21.7. The van der Waals surface area contributed by atoms with Crippen molar-refractivity contribution in [2.75, 3.05) is 18.4 Å². The van der Waals surface area contributed by atoms with Gasteiger partial charge in [0.2, 0.25) is 5.91 Å². The first-order valence-electron chi connectivity index (χ1n) is 10.4. The van der Waals surface area contributed by atoms with Crippen LogP contribution in [0.15, 0.2) is 48.5 Å². The standard InChI is InChI=1S/C24H30FN3O2/c1-24(2,15-26)16-28(23(30)19-7-4-8-20(25)13-19)14-17-9-11-21(12-10-17)27-22(29)18-5-3-6-18/h4,7-13,18H,3,5-6,14-16,26H2,1-2H3,(H,27,29). The topological polar surface area (TPSA) is 75.4 Å². The van der Waals surface area contributed by atoms with Gasteiger partial charge in [0.15, 0.2) is 0 Å². The van der Waals surface area contributed by atoms with E-state index in [9.17, 15) is 14.0 Å². The Labute approximate surface area is 177 Å². The van der Waals surface area contributed by atoms with Crippen LogP contribution in [0, 0.1) is 17.2 Å². The number of amides is 2. The van der Waals surface area contributed by atoms with Gasteiger partial charge in [-0.3, -0.25) is 9.59 Å². The highest BCUT2D eigenvalue weighted by molar-refractivity contribution is 5.94. The third-order valence-electron chi connectivity index (χ3n) is 5.60. The highest BCUT2D eigenvalue weighted by atomic mass is 19.1. The smallest absolute Gasteiger partial charge is 0.254 e. The summed E-state index contributed by atoms with van der Waals surface area (Å²) in [6.45, 7) is 5.23. The van der Waals surface area contributed by atoms with Crippen LogP contribution in [0.5, 0.6) is 0 Å². The molecule has 160 valence electrons. The number of carbonyl (C=O) groups is 2. The molecule has 1 fully saturated rings. The van der Waals surface area contributed by atoms with E-state index in [-0.39, 0.29) is 23.1 Å². The summed E-state index contributed by atoms with van der Waals surface area (Å²) in [5, 5.41) is 2.95. The second kappa shape index (κ2) is 9.39. The van der Waals surface area contributed by atoms with Gasteiger partial charge in [0.05, 0.1) is 0 Å². The monoisotopic (exact) mass is 411 g/mol. The van der Waals surface area contributed by atoms with Crippen molar-refractivity contribution in [2.24, 2.45) is 17.1 Å². The second-order valence-electron chi connectivity index (χ2n) is 8.85. The normalized spacial score (nSPS) is 14.1. The van der Waals surface area contributed by atoms with E-state index in [0.29, 0.717) is 25.2 Å². The Morgan fingerprint density at radius 1 is 1.17 bits per heavy atom. The number of hydrogen-bond donors (Lipinski definition) is 2. The highest BCUT2D eigenvalue weighted by Gasteiger charge is 2.26.